The van der Waals surface area contributed by atoms with E-state index in [1.165, 1.54) is 0 Å². The molecule has 0 saturated heterocycles. The summed E-state index contributed by atoms with van der Waals surface area (Å²) in [4.78, 5) is 8.93. The van der Waals surface area contributed by atoms with Crippen LogP contribution in [-0.4, -0.2) is 33.8 Å². The third kappa shape index (κ3) is 4.56. The van der Waals surface area contributed by atoms with Crippen molar-refractivity contribution < 1.29 is 5.11 Å². The van der Waals surface area contributed by atoms with Crippen molar-refractivity contribution in [2.24, 2.45) is 5.92 Å². The molecule has 0 amide bonds. The van der Waals surface area contributed by atoms with Crippen LogP contribution in [0.5, 0.6) is 0 Å². The summed E-state index contributed by atoms with van der Waals surface area (Å²) in [7, 11) is 0. The van der Waals surface area contributed by atoms with Gasteiger partial charge in [-0.15, -0.1) is 0 Å². The van der Waals surface area contributed by atoms with Crippen LogP contribution in [0.4, 0.5) is 11.6 Å². The number of aliphatic hydroxyl groups is 1. The molecule has 0 bridgehead atoms. The molecule has 0 spiro atoms. The van der Waals surface area contributed by atoms with Crippen LogP contribution in [0.15, 0.2) is 6.07 Å². The minimum atomic E-state index is -0.595. The van der Waals surface area contributed by atoms with E-state index in [0.717, 1.165) is 62.0 Å². The van der Waals surface area contributed by atoms with Gasteiger partial charge in [-0.25, -0.2) is 9.97 Å². The summed E-state index contributed by atoms with van der Waals surface area (Å²) in [6.45, 7) is 7.75. The van der Waals surface area contributed by atoms with Crippen LogP contribution in [0.2, 0.25) is 0 Å². The van der Waals surface area contributed by atoms with Crippen LogP contribution in [0.1, 0.15) is 52.3 Å². The standard InChI is InChI=1S/C16H28N4O/c1-4-13-19-14(17-5-2)10-15(20-13)18-11-16(21)8-6-12(3)7-9-16/h10,12,21H,4-9,11H2,1-3H3,(H2,17,18,19,20). The number of aryl methyl sites for hydroxylation is 1. The van der Waals surface area contributed by atoms with Crippen molar-refractivity contribution in [2.45, 2.75) is 58.5 Å². The highest BCUT2D eigenvalue weighted by molar-refractivity contribution is 5.47. The van der Waals surface area contributed by atoms with E-state index < -0.39 is 5.60 Å². The van der Waals surface area contributed by atoms with Gasteiger partial charge >= 0.3 is 0 Å². The van der Waals surface area contributed by atoms with Gasteiger partial charge in [0.2, 0.25) is 0 Å². The molecule has 1 aliphatic rings. The molecule has 0 unspecified atom stereocenters. The molecule has 118 valence electrons. The van der Waals surface area contributed by atoms with Crippen LogP contribution in [0, 0.1) is 5.92 Å². The summed E-state index contributed by atoms with van der Waals surface area (Å²) >= 11 is 0. The molecule has 1 heterocycles. The molecule has 0 atom stereocenters. The van der Waals surface area contributed by atoms with Crippen molar-refractivity contribution in [1.82, 2.24) is 9.97 Å². The van der Waals surface area contributed by atoms with Crippen molar-refractivity contribution in [2.75, 3.05) is 23.7 Å². The lowest BCUT2D eigenvalue weighted by atomic mass is 9.79. The lowest BCUT2D eigenvalue weighted by Crippen LogP contribution is -2.40. The topological polar surface area (TPSA) is 70.1 Å². The van der Waals surface area contributed by atoms with Crippen molar-refractivity contribution in [1.29, 1.82) is 0 Å². The van der Waals surface area contributed by atoms with Crippen molar-refractivity contribution >= 4 is 11.6 Å². The fourth-order valence-electron chi connectivity index (χ4n) is 2.75. The number of nitrogens with zero attached hydrogens (tertiary/aromatic N) is 2. The van der Waals surface area contributed by atoms with E-state index >= 15 is 0 Å². The second-order valence-corrected chi connectivity index (χ2v) is 6.20. The number of hydrogen-bond donors (Lipinski definition) is 3. The molecule has 0 aromatic carbocycles. The van der Waals surface area contributed by atoms with Crippen molar-refractivity contribution in [3.05, 3.63) is 11.9 Å². The van der Waals surface area contributed by atoms with E-state index in [-0.39, 0.29) is 0 Å². The third-order valence-electron chi connectivity index (χ3n) is 4.25. The summed E-state index contributed by atoms with van der Waals surface area (Å²) in [6.07, 6.45) is 4.74. The lowest BCUT2D eigenvalue weighted by molar-refractivity contribution is 0.00494. The van der Waals surface area contributed by atoms with Crippen LogP contribution in [0.25, 0.3) is 0 Å². The van der Waals surface area contributed by atoms with Gasteiger partial charge in [0.15, 0.2) is 0 Å². The number of anilines is 2. The Hall–Kier alpha value is -1.36. The van der Waals surface area contributed by atoms with E-state index in [2.05, 4.69) is 27.5 Å². The Balaban J connectivity index is 2.00. The minimum Gasteiger partial charge on any atom is -0.388 e. The highest BCUT2D eigenvalue weighted by Crippen LogP contribution is 2.31. The fraction of sp³-hybridized carbons (Fsp3) is 0.750. The van der Waals surface area contributed by atoms with Gasteiger partial charge in [0.25, 0.3) is 0 Å². The fourth-order valence-corrected chi connectivity index (χ4v) is 2.75. The smallest absolute Gasteiger partial charge is 0.132 e. The first kappa shape index (κ1) is 16.0. The second-order valence-electron chi connectivity index (χ2n) is 6.20. The molecule has 0 radical (unpaired) electrons. The molecular formula is C16H28N4O. The normalized spacial score (nSPS) is 25.6. The molecule has 1 saturated carbocycles. The second kappa shape index (κ2) is 7.07. The molecule has 1 aromatic heterocycles. The average Bonchev–Trinajstić information content (AvgIpc) is 2.49. The lowest BCUT2D eigenvalue weighted by Gasteiger charge is -2.35. The van der Waals surface area contributed by atoms with E-state index in [4.69, 9.17) is 0 Å². The molecule has 1 aromatic rings. The molecule has 1 aliphatic carbocycles. The quantitative estimate of drug-likeness (QED) is 0.752. The summed E-state index contributed by atoms with van der Waals surface area (Å²) in [5.41, 5.74) is -0.595. The highest BCUT2D eigenvalue weighted by atomic mass is 16.3. The highest BCUT2D eigenvalue weighted by Gasteiger charge is 2.31. The Morgan fingerprint density at radius 1 is 1.19 bits per heavy atom. The zero-order chi connectivity index (χ0) is 15.3. The van der Waals surface area contributed by atoms with Crippen LogP contribution in [-0.2, 0) is 6.42 Å². The van der Waals surface area contributed by atoms with E-state index in [1.807, 2.05) is 19.9 Å². The third-order valence-corrected chi connectivity index (χ3v) is 4.25. The van der Waals surface area contributed by atoms with Gasteiger partial charge in [0.05, 0.1) is 5.60 Å². The number of rotatable bonds is 6. The Morgan fingerprint density at radius 2 is 1.81 bits per heavy atom. The molecule has 21 heavy (non-hydrogen) atoms. The number of aromatic nitrogens is 2. The van der Waals surface area contributed by atoms with Gasteiger partial charge < -0.3 is 15.7 Å². The largest absolute Gasteiger partial charge is 0.388 e. The summed E-state index contributed by atoms with van der Waals surface area (Å²) in [5.74, 6) is 3.19. The molecule has 2 rings (SSSR count). The maximum absolute atomic E-state index is 10.6. The molecule has 5 heteroatoms. The van der Waals surface area contributed by atoms with E-state index in [9.17, 15) is 5.11 Å². The van der Waals surface area contributed by atoms with Gasteiger partial charge in [-0.2, -0.15) is 0 Å². The Bertz CT molecular complexity index is 456. The van der Waals surface area contributed by atoms with Gasteiger partial charge in [-0.1, -0.05) is 13.8 Å². The zero-order valence-corrected chi connectivity index (χ0v) is 13.4. The Morgan fingerprint density at radius 3 is 2.38 bits per heavy atom. The summed E-state index contributed by atoms with van der Waals surface area (Å²) in [5, 5.41) is 17.2. The SMILES string of the molecule is CCNc1cc(NCC2(O)CCC(C)CC2)nc(CC)n1. The Labute approximate surface area is 127 Å². The first-order chi connectivity index (χ1) is 10.0. The molecule has 3 N–H and O–H groups in total. The van der Waals surface area contributed by atoms with Gasteiger partial charge in [0, 0.05) is 25.6 Å². The molecule has 0 aliphatic heterocycles. The first-order valence-electron chi connectivity index (χ1n) is 8.12. The van der Waals surface area contributed by atoms with Crippen LogP contribution < -0.4 is 10.6 Å². The number of nitrogens with one attached hydrogen (secondary N) is 2. The van der Waals surface area contributed by atoms with Gasteiger partial charge in [-0.05, 0) is 38.5 Å². The maximum Gasteiger partial charge on any atom is 0.132 e. The molecule has 5 nitrogen and oxygen atoms in total. The predicted octanol–water partition coefficient (Wildman–Crippen LogP) is 2.82. The van der Waals surface area contributed by atoms with E-state index in [1.54, 1.807) is 0 Å². The summed E-state index contributed by atoms with van der Waals surface area (Å²) in [6, 6.07) is 1.91. The first-order valence-corrected chi connectivity index (χ1v) is 8.12. The summed E-state index contributed by atoms with van der Waals surface area (Å²) < 4.78 is 0. The van der Waals surface area contributed by atoms with E-state index in [0.29, 0.717) is 6.54 Å². The molecular weight excluding hydrogens is 264 g/mol. The van der Waals surface area contributed by atoms with Crippen molar-refractivity contribution in [3.63, 3.8) is 0 Å². The predicted molar refractivity (Wildman–Crippen MR) is 86.6 cm³/mol. The Kier molecular flexibility index (Phi) is 5.39. The zero-order valence-electron chi connectivity index (χ0n) is 13.4. The van der Waals surface area contributed by atoms with Crippen LogP contribution >= 0.6 is 0 Å². The average molecular weight is 292 g/mol. The molecule has 1 fully saturated rings. The van der Waals surface area contributed by atoms with Gasteiger partial charge in [0.1, 0.15) is 17.5 Å². The van der Waals surface area contributed by atoms with Crippen molar-refractivity contribution in [3.8, 4) is 0 Å². The maximum atomic E-state index is 10.6. The number of hydrogen-bond acceptors (Lipinski definition) is 5. The monoisotopic (exact) mass is 292 g/mol. The minimum absolute atomic E-state index is 0.561. The van der Waals surface area contributed by atoms with Gasteiger partial charge in [-0.3, -0.25) is 0 Å². The van der Waals surface area contributed by atoms with Crippen LogP contribution in [0.3, 0.4) is 0 Å².